The van der Waals surface area contributed by atoms with Crippen molar-refractivity contribution in [3.63, 3.8) is 0 Å². The lowest BCUT2D eigenvalue weighted by Crippen LogP contribution is -1.91. The van der Waals surface area contributed by atoms with Gasteiger partial charge in [0, 0.05) is 4.47 Å². The maximum Gasteiger partial charge on any atom is 0.137 e. The molecule has 0 spiro atoms. The van der Waals surface area contributed by atoms with Crippen LogP contribution in [0.15, 0.2) is 33.2 Å². The van der Waals surface area contributed by atoms with Gasteiger partial charge in [-0.1, -0.05) is 18.5 Å². The van der Waals surface area contributed by atoms with Crippen molar-refractivity contribution in [3.05, 3.63) is 45.3 Å². The molecular weight excluding hydrogens is 322 g/mol. The summed E-state index contributed by atoms with van der Waals surface area (Å²) in [5, 5.41) is 9.93. The van der Waals surface area contributed by atoms with E-state index < -0.39 is 11.9 Å². The lowest BCUT2D eigenvalue weighted by molar-refractivity contribution is 0.147. The van der Waals surface area contributed by atoms with E-state index in [-0.39, 0.29) is 5.02 Å². The molecule has 1 N–H and O–H groups in total. The number of benzene rings is 1. The largest absolute Gasteiger partial charge is 0.458 e. The summed E-state index contributed by atoms with van der Waals surface area (Å²) < 4.78 is 19.2. The van der Waals surface area contributed by atoms with E-state index in [2.05, 4.69) is 15.9 Å². The van der Waals surface area contributed by atoms with Gasteiger partial charge in [-0.25, -0.2) is 4.39 Å². The van der Waals surface area contributed by atoms with Gasteiger partial charge in [0.1, 0.15) is 23.4 Å². The predicted molar refractivity (Wildman–Crippen MR) is 72.1 cm³/mol. The Morgan fingerprint density at radius 1 is 1.44 bits per heavy atom. The van der Waals surface area contributed by atoms with E-state index >= 15 is 0 Å². The topological polar surface area (TPSA) is 33.4 Å². The van der Waals surface area contributed by atoms with Gasteiger partial charge in [0.25, 0.3) is 0 Å². The highest BCUT2D eigenvalue weighted by molar-refractivity contribution is 9.10. The van der Waals surface area contributed by atoms with E-state index in [1.165, 1.54) is 12.1 Å². The summed E-state index contributed by atoms with van der Waals surface area (Å²) in [6.45, 7) is 1.85. The molecule has 0 saturated carbocycles. The maximum atomic E-state index is 13.1. The fourth-order valence-electron chi connectivity index (χ4n) is 1.65. The zero-order valence-corrected chi connectivity index (χ0v) is 11.9. The average molecular weight is 334 g/mol. The number of hydrogen-bond donors (Lipinski definition) is 1. The van der Waals surface area contributed by atoms with E-state index in [0.29, 0.717) is 28.0 Å². The Kier molecular flexibility index (Phi) is 4.10. The summed E-state index contributed by atoms with van der Waals surface area (Å²) in [7, 11) is 0. The normalized spacial score (nSPS) is 12.7. The van der Waals surface area contributed by atoms with Gasteiger partial charge in [0.05, 0.1) is 10.6 Å². The second kappa shape index (κ2) is 5.43. The summed E-state index contributed by atoms with van der Waals surface area (Å²) in [5.74, 6) is 0.546. The van der Waals surface area contributed by atoms with Crippen LogP contribution in [0.25, 0.3) is 11.3 Å². The Labute approximate surface area is 118 Å². The first kappa shape index (κ1) is 13.6. The molecule has 96 valence electrons. The van der Waals surface area contributed by atoms with E-state index in [9.17, 15) is 9.50 Å². The second-order valence-electron chi connectivity index (χ2n) is 3.87. The fourth-order valence-corrected chi connectivity index (χ4v) is 2.69. The Hall–Kier alpha value is -0.840. The molecule has 1 unspecified atom stereocenters. The van der Waals surface area contributed by atoms with Gasteiger partial charge in [-0.3, -0.25) is 0 Å². The molecule has 0 radical (unpaired) electrons. The van der Waals surface area contributed by atoms with Crippen molar-refractivity contribution < 1.29 is 13.9 Å². The van der Waals surface area contributed by atoms with Crippen molar-refractivity contribution in [3.8, 4) is 11.3 Å². The molecule has 0 bridgehead atoms. The van der Waals surface area contributed by atoms with Crippen LogP contribution in [-0.4, -0.2) is 5.11 Å². The molecule has 0 amide bonds. The molecule has 0 aliphatic heterocycles. The minimum atomic E-state index is -0.642. The average Bonchev–Trinajstić information content (AvgIpc) is 2.76. The number of hydrogen-bond acceptors (Lipinski definition) is 2. The molecule has 2 rings (SSSR count). The van der Waals surface area contributed by atoms with Crippen LogP contribution in [0.1, 0.15) is 25.2 Å². The van der Waals surface area contributed by atoms with E-state index in [4.69, 9.17) is 16.0 Å². The molecule has 1 aromatic carbocycles. The van der Waals surface area contributed by atoms with E-state index in [1.54, 1.807) is 12.1 Å². The van der Waals surface area contributed by atoms with Crippen LogP contribution in [0.3, 0.4) is 0 Å². The maximum absolute atomic E-state index is 13.1. The molecule has 0 fully saturated rings. The van der Waals surface area contributed by atoms with Crippen molar-refractivity contribution in [2.45, 2.75) is 19.4 Å². The van der Waals surface area contributed by atoms with Crippen molar-refractivity contribution >= 4 is 27.5 Å². The molecular formula is C13H11BrClFO2. The van der Waals surface area contributed by atoms with Crippen molar-refractivity contribution in [1.29, 1.82) is 0 Å². The lowest BCUT2D eigenvalue weighted by Gasteiger charge is -2.06. The van der Waals surface area contributed by atoms with Gasteiger partial charge in [0.2, 0.25) is 0 Å². The van der Waals surface area contributed by atoms with Crippen molar-refractivity contribution in [2.24, 2.45) is 0 Å². The van der Waals surface area contributed by atoms with E-state index in [1.807, 2.05) is 6.92 Å². The third-order valence-electron chi connectivity index (χ3n) is 2.60. The number of rotatable bonds is 3. The number of furan rings is 1. The predicted octanol–water partition coefficient (Wildman–Crippen LogP) is 4.95. The van der Waals surface area contributed by atoms with Crippen molar-refractivity contribution in [2.75, 3.05) is 0 Å². The zero-order chi connectivity index (χ0) is 13.3. The Bertz CT molecular complexity index is 545. The lowest BCUT2D eigenvalue weighted by atomic mass is 10.1. The van der Waals surface area contributed by atoms with Crippen LogP contribution in [0.2, 0.25) is 5.02 Å². The molecule has 0 saturated heterocycles. The highest BCUT2D eigenvalue weighted by Gasteiger charge is 2.16. The molecule has 5 heteroatoms. The van der Waals surface area contributed by atoms with Crippen LogP contribution in [0.4, 0.5) is 4.39 Å². The van der Waals surface area contributed by atoms with Crippen LogP contribution in [0.5, 0.6) is 0 Å². The summed E-state index contributed by atoms with van der Waals surface area (Å²) in [6, 6.07) is 5.94. The standard InChI is InChI=1S/C13H11BrClFO2/c1-2-10(17)11-3-4-12(18-11)13-8(14)5-7(16)6-9(13)15/h3-6,10,17H,2H2,1H3. The highest BCUT2D eigenvalue weighted by atomic mass is 79.9. The molecule has 1 heterocycles. The molecule has 0 aliphatic carbocycles. The first-order valence-electron chi connectivity index (χ1n) is 5.45. The minimum Gasteiger partial charge on any atom is -0.458 e. The second-order valence-corrected chi connectivity index (χ2v) is 5.13. The SMILES string of the molecule is CCC(O)c1ccc(-c2c(Cl)cc(F)cc2Br)o1. The number of aliphatic hydroxyl groups is 1. The Morgan fingerprint density at radius 2 is 2.17 bits per heavy atom. The van der Waals surface area contributed by atoms with Gasteiger partial charge in [0.15, 0.2) is 0 Å². The number of aliphatic hydroxyl groups excluding tert-OH is 1. The molecule has 0 aliphatic rings. The zero-order valence-electron chi connectivity index (χ0n) is 9.58. The summed E-state index contributed by atoms with van der Waals surface area (Å²) in [5.41, 5.74) is 0.576. The Balaban J connectivity index is 2.46. The molecule has 18 heavy (non-hydrogen) atoms. The van der Waals surface area contributed by atoms with Gasteiger partial charge in [-0.05, 0) is 46.6 Å². The molecule has 1 atom stereocenters. The minimum absolute atomic E-state index is 0.258. The van der Waals surface area contributed by atoms with Gasteiger partial charge in [-0.2, -0.15) is 0 Å². The van der Waals surface area contributed by atoms with Gasteiger partial charge >= 0.3 is 0 Å². The fraction of sp³-hybridized carbons (Fsp3) is 0.231. The number of halogens is 3. The van der Waals surface area contributed by atoms with Crippen LogP contribution in [0, 0.1) is 5.82 Å². The summed E-state index contributed by atoms with van der Waals surface area (Å²) in [4.78, 5) is 0. The third-order valence-corrected chi connectivity index (χ3v) is 3.52. The summed E-state index contributed by atoms with van der Waals surface area (Å²) >= 11 is 9.25. The van der Waals surface area contributed by atoms with E-state index in [0.717, 1.165) is 0 Å². The highest BCUT2D eigenvalue weighted by Crippen LogP contribution is 2.37. The van der Waals surface area contributed by atoms with Crippen molar-refractivity contribution in [1.82, 2.24) is 0 Å². The third kappa shape index (κ3) is 2.60. The first-order chi connectivity index (χ1) is 8.52. The Morgan fingerprint density at radius 3 is 2.78 bits per heavy atom. The molecule has 1 aromatic heterocycles. The first-order valence-corrected chi connectivity index (χ1v) is 6.62. The molecule has 2 aromatic rings. The van der Waals surface area contributed by atoms with Gasteiger partial charge < -0.3 is 9.52 Å². The van der Waals surface area contributed by atoms with Crippen LogP contribution >= 0.6 is 27.5 Å². The monoisotopic (exact) mass is 332 g/mol. The molecule has 2 nitrogen and oxygen atoms in total. The smallest absolute Gasteiger partial charge is 0.137 e. The quantitative estimate of drug-likeness (QED) is 0.862. The van der Waals surface area contributed by atoms with Gasteiger partial charge in [-0.15, -0.1) is 0 Å². The van der Waals surface area contributed by atoms with Crippen LogP contribution in [-0.2, 0) is 0 Å². The summed E-state index contributed by atoms with van der Waals surface area (Å²) in [6.07, 6.45) is -0.0811. The van der Waals surface area contributed by atoms with Crippen LogP contribution < -0.4 is 0 Å².